The van der Waals surface area contributed by atoms with E-state index in [1.165, 1.54) is 10.5 Å². The number of carbonyl (C=O) groups is 2. The maximum absolute atomic E-state index is 13.3. The molecule has 4 N–H and O–H groups in total. The van der Waals surface area contributed by atoms with Gasteiger partial charge in [-0.25, -0.2) is 9.97 Å². The van der Waals surface area contributed by atoms with Crippen LogP contribution in [0.3, 0.4) is 0 Å². The molecular weight excluding hydrogens is 691 g/mol. The number of nitrogens with one attached hydrogen (secondary N) is 4. The first-order valence-electron chi connectivity index (χ1n) is 16.8. The molecule has 2 fully saturated rings. The fourth-order valence-electron chi connectivity index (χ4n) is 6.49. The number of ether oxygens (including phenoxy) is 1. The zero-order chi connectivity index (χ0) is 35.5. The average Bonchev–Trinajstić information content (AvgIpc) is 3.75. The molecule has 2 aliphatic heterocycles. The summed E-state index contributed by atoms with van der Waals surface area (Å²) in [4.78, 5) is 50.4. The summed E-state index contributed by atoms with van der Waals surface area (Å²) in [5.41, 5.74) is 5.36. The van der Waals surface area contributed by atoms with Gasteiger partial charge in [0.05, 0.1) is 34.7 Å². The van der Waals surface area contributed by atoms with Crippen LogP contribution in [0.5, 0.6) is 5.88 Å². The Morgan fingerprint density at radius 3 is 2.02 bits per heavy atom. The number of pyridine rings is 1. The van der Waals surface area contributed by atoms with Gasteiger partial charge in [0.2, 0.25) is 17.7 Å². The van der Waals surface area contributed by atoms with E-state index < -0.39 is 0 Å². The number of aromatic nitrogens is 4. The molecule has 5 heterocycles. The molecule has 7 rings (SSSR count). The third-order valence-corrected chi connectivity index (χ3v) is 9.95. The lowest BCUT2D eigenvalue weighted by atomic mass is 9.98. The topological polar surface area (TPSA) is 152 Å². The predicted molar refractivity (Wildman–Crippen MR) is 196 cm³/mol. The second kappa shape index (κ2) is 15.2. The maximum Gasteiger partial charge on any atom is 0.258 e. The van der Waals surface area contributed by atoms with Crippen molar-refractivity contribution >= 4 is 40.7 Å². The Bertz CT molecular complexity index is 2190. The first kappa shape index (κ1) is 34.6. The number of halogens is 2. The van der Waals surface area contributed by atoms with Crippen LogP contribution in [0, 0.1) is 0 Å². The summed E-state index contributed by atoms with van der Waals surface area (Å²) in [5, 5.41) is 13.4. The summed E-state index contributed by atoms with van der Waals surface area (Å²) in [5.74, 6) is 0.525. The van der Waals surface area contributed by atoms with Gasteiger partial charge in [-0.3, -0.25) is 23.8 Å². The van der Waals surface area contributed by atoms with E-state index in [1.807, 2.05) is 48.5 Å². The molecule has 0 spiro atoms. The zero-order valence-corrected chi connectivity index (χ0v) is 29.4. The molecule has 0 unspecified atom stereocenters. The Kier molecular flexibility index (Phi) is 10.3. The molecule has 12 nitrogen and oxygen atoms in total. The lowest BCUT2D eigenvalue weighted by Crippen LogP contribution is -2.35. The van der Waals surface area contributed by atoms with Gasteiger partial charge in [-0.2, -0.15) is 0 Å². The van der Waals surface area contributed by atoms with Crippen LogP contribution in [0.2, 0.25) is 10.0 Å². The molecule has 0 saturated carbocycles. The quantitative estimate of drug-likeness (QED) is 0.145. The molecule has 2 aliphatic rings. The first-order chi connectivity index (χ1) is 24.8. The minimum Gasteiger partial charge on any atom is -0.480 e. The highest BCUT2D eigenvalue weighted by Gasteiger charge is 2.22. The lowest BCUT2D eigenvalue weighted by Gasteiger charge is -2.15. The van der Waals surface area contributed by atoms with Gasteiger partial charge in [-0.05, 0) is 24.5 Å². The van der Waals surface area contributed by atoms with Gasteiger partial charge in [0.1, 0.15) is 11.3 Å². The summed E-state index contributed by atoms with van der Waals surface area (Å²) in [7, 11) is 1.54. The van der Waals surface area contributed by atoms with E-state index in [0.29, 0.717) is 99.9 Å². The first-order valence-corrected chi connectivity index (χ1v) is 17.5. The molecule has 2 atom stereocenters. The van der Waals surface area contributed by atoms with E-state index in [1.54, 1.807) is 19.5 Å². The molecule has 2 aromatic carbocycles. The van der Waals surface area contributed by atoms with Crippen molar-refractivity contribution in [3.63, 3.8) is 0 Å². The van der Waals surface area contributed by atoms with Crippen LogP contribution in [-0.4, -0.2) is 63.4 Å². The summed E-state index contributed by atoms with van der Waals surface area (Å²) in [6, 6.07) is 16.6. The van der Waals surface area contributed by atoms with Crippen molar-refractivity contribution in [2.75, 3.05) is 20.2 Å². The summed E-state index contributed by atoms with van der Waals surface area (Å²) >= 11 is 14.1. The number of amides is 2. The van der Waals surface area contributed by atoms with Gasteiger partial charge in [0, 0.05) is 85.6 Å². The molecular formula is C37H36Cl2N8O4. The van der Waals surface area contributed by atoms with E-state index in [-0.39, 0.29) is 29.5 Å². The number of fused-ring (bicyclic) bond motifs is 1. The van der Waals surface area contributed by atoms with Gasteiger partial charge in [-0.15, -0.1) is 0 Å². The van der Waals surface area contributed by atoms with Gasteiger partial charge >= 0.3 is 0 Å². The van der Waals surface area contributed by atoms with Crippen LogP contribution in [0.25, 0.3) is 39.3 Å². The Morgan fingerprint density at radius 2 is 1.41 bits per heavy atom. The van der Waals surface area contributed by atoms with Crippen LogP contribution in [0.4, 0.5) is 0 Å². The maximum atomic E-state index is 13.3. The van der Waals surface area contributed by atoms with E-state index in [0.717, 1.165) is 18.4 Å². The predicted octanol–water partition coefficient (Wildman–Crippen LogP) is 4.54. The van der Waals surface area contributed by atoms with Crippen molar-refractivity contribution in [3.05, 3.63) is 98.6 Å². The average molecular weight is 728 g/mol. The fourth-order valence-corrected chi connectivity index (χ4v) is 7.14. The van der Waals surface area contributed by atoms with Crippen LogP contribution in [0.15, 0.2) is 71.8 Å². The highest BCUT2D eigenvalue weighted by atomic mass is 35.5. The smallest absolute Gasteiger partial charge is 0.258 e. The normalized spacial score (nSPS) is 17.2. The molecule has 0 aliphatic carbocycles. The Balaban J connectivity index is 1.11. The summed E-state index contributed by atoms with van der Waals surface area (Å²) in [6.07, 6.45) is 6.15. The molecule has 262 valence electrons. The van der Waals surface area contributed by atoms with Gasteiger partial charge in [-0.1, -0.05) is 65.7 Å². The minimum atomic E-state index is -0.238. The highest BCUT2D eigenvalue weighted by Crippen LogP contribution is 2.42. The van der Waals surface area contributed by atoms with Crippen molar-refractivity contribution in [2.45, 2.75) is 50.9 Å². The number of methoxy groups -OCH3 is 1. The van der Waals surface area contributed by atoms with Crippen LogP contribution >= 0.6 is 23.2 Å². The number of hydrogen-bond acceptors (Lipinski definition) is 9. The van der Waals surface area contributed by atoms with E-state index in [9.17, 15) is 14.4 Å². The van der Waals surface area contributed by atoms with Crippen LogP contribution in [0.1, 0.15) is 36.9 Å². The second-order valence-electron chi connectivity index (χ2n) is 12.7. The fraction of sp³-hybridized carbons (Fsp3) is 0.297. The third kappa shape index (κ3) is 7.59. The zero-order valence-electron chi connectivity index (χ0n) is 27.8. The van der Waals surface area contributed by atoms with Crippen molar-refractivity contribution in [3.8, 4) is 39.5 Å². The Hall–Kier alpha value is -4.88. The standard InChI is InChI=1S/C37H36Cl2N8O4/c1-51-37-30(18-41-17-23-10-13-33(49)44-23)42-19-29(46-37)27-7-3-5-25(36(27)39)24-4-2-6-26(35(24)38)28-14-34(50)47-20-21(8-11-31(47)45-28)15-40-16-22-9-12-32(48)43-22/h2-8,11,14,19-20,22-23,40-41H,9-10,12-13,15-18H2,1H3,(H,43,48)(H,44,49)/t22-,23+/m0/s1. The molecule has 5 aromatic rings. The molecule has 0 radical (unpaired) electrons. The molecule has 51 heavy (non-hydrogen) atoms. The number of hydrogen-bond donors (Lipinski definition) is 4. The number of nitrogens with zero attached hydrogens (tertiary/aromatic N) is 4. The second-order valence-corrected chi connectivity index (χ2v) is 13.4. The van der Waals surface area contributed by atoms with Crippen molar-refractivity contribution in [2.24, 2.45) is 0 Å². The summed E-state index contributed by atoms with van der Waals surface area (Å²) < 4.78 is 7.09. The third-order valence-electron chi connectivity index (χ3n) is 9.14. The largest absolute Gasteiger partial charge is 0.480 e. The van der Waals surface area contributed by atoms with Crippen LogP contribution < -0.4 is 31.6 Å². The molecule has 3 aromatic heterocycles. The Labute approximate surface area is 304 Å². The minimum absolute atomic E-state index is 0.0735. The van der Waals surface area contributed by atoms with Crippen molar-refractivity contribution in [1.82, 2.24) is 40.6 Å². The van der Waals surface area contributed by atoms with E-state index >= 15 is 0 Å². The van der Waals surface area contributed by atoms with Gasteiger partial charge in [0.25, 0.3) is 5.56 Å². The molecule has 2 saturated heterocycles. The molecule has 0 bridgehead atoms. The summed E-state index contributed by atoms with van der Waals surface area (Å²) in [6.45, 7) is 2.25. The van der Waals surface area contributed by atoms with Crippen molar-refractivity contribution in [1.29, 1.82) is 0 Å². The molecule has 14 heteroatoms. The van der Waals surface area contributed by atoms with Gasteiger partial charge < -0.3 is 26.0 Å². The SMILES string of the molecule is COc1nc(-c2cccc(-c3cccc(-c4cc(=O)n5cc(CNC[C@@H]6CCC(=O)N6)ccc5n4)c3Cl)c2Cl)cnc1CNC[C@H]1CCC(=O)N1. The number of rotatable bonds is 12. The van der Waals surface area contributed by atoms with Gasteiger partial charge in [0.15, 0.2) is 0 Å². The van der Waals surface area contributed by atoms with E-state index in [2.05, 4.69) is 26.3 Å². The van der Waals surface area contributed by atoms with Crippen molar-refractivity contribution < 1.29 is 14.3 Å². The molecule has 2 amide bonds. The Morgan fingerprint density at radius 1 is 0.804 bits per heavy atom. The number of carbonyl (C=O) groups excluding carboxylic acids is 2. The highest BCUT2D eigenvalue weighted by molar-refractivity contribution is 6.39. The van der Waals surface area contributed by atoms with E-state index in [4.69, 9.17) is 37.9 Å². The van der Waals surface area contributed by atoms with Crippen LogP contribution in [-0.2, 0) is 22.7 Å². The monoisotopic (exact) mass is 726 g/mol. The lowest BCUT2D eigenvalue weighted by molar-refractivity contribution is -0.120. The number of benzene rings is 2.